The molecule has 0 aromatic carbocycles. The van der Waals surface area contributed by atoms with Crippen molar-refractivity contribution in [3.63, 3.8) is 0 Å². The fraction of sp³-hybridized carbons (Fsp3) is 0.778. The SMILES string of the molecule is CC(CNC(=O)N(C)C(C)CO)C(=O)O. The second kappa shape index (κ2) is 6.23. The number of hydrogen-bond donors (Lipinski definition) is 3. The average molecular weight is 218 g/mol. The molecule has 0 rings (SSSR count). The largest absolute Gasteiger partial charge is 0.481 e. The van der Waals surface area contributed by atoms with Gasteiger partial charge in [-0.1, -0.05) is 6.92 Å². The van der Waals surface area contributed by atoms with Crippen LogP contribution in [0.15, 0.2) is 0 Å². The summed E-state index contributed by atoms with van der Waals surface area (Å²) in [5.74, 6) is -1.57. The molecule has 0 radical (unpaired) electrons. The van der Waals surface area contributed by atoms with Gasteiger partial charge in [-0.05, 0) is 6.92 Å². The quantitative estimate of drug-likeness (QED) is 0.592. The first-order chi connectivity index (χ1) is 6.90. The van der Waals surface area contributed by atoms with Gasteiger partial charge in [-0.2, -0.15) is 0 Å². The molecule has 15 heavy (non-hydrogen) atoms. The minimum Gasteiger partial charge on any atom is -0.481 e. The van der Waals surface area contributed by atoms with Crippen LogP contribution in [0.2, 0.25) is 0 Å². The van der Waals surface area contributed by atoms with Crippen molar-refractivity contribution in [2.75, 3.05) is 20.2 Å². The van der Waals surface area contributed by atoms with Crippen molar-refractivity contribution in [3.8, 4) is 0 Å². The summed E-state index contributed by atoms with van der Waals surface area (Å²) in [7, 11) is 1.54. The summed E-state index contributed by atoms with van der Waals surface area (Å²) in [6.07, 6.45) is 0. The first kappa shape index (κ1) is 13.7. The summed E-state index contributed by atoms with van der Waals surface area (Å²) in [4.78, 5) is 23.2. The number of carbonyl (C=O) groups is 2. The fourth-order valence-electron chi connectivity index (χ4n) is 0.775. The molecule has 0 heterocycles. The zero-order chi connectivity index (χ0) is 12.0. The minimum atomic E-state index is -0.951. The first-order valence-corrected chi connectivity index (χ1v) is 4.74. The Labute approximate surface area is 88.9 Å². The molecule has 0 aliphatic heterocycles. The smallest absolute Gasteiger partial charge is 0.317 e. The highest BCUT2D eigenvalue weighted by Crippen LogP contribution is 1.96. The molecule has 0 bridgehead atoms. The van der Waals surface area contributed by atoms with Crippen molar-refractivity contribution < 1.29 is 19.8 Å². The number of aliphatic carboxylic acids is 1. The maximum Gasteiger partial charge on any atom is 0.317 e. The number of nitrogens with zero attached hydrogens (tertiary/aromatic N) is 1. The number of nitrogens with one attached hydrogen (secondary N) is 1. The number of urea groups is 1. The van der Waals surface area contributed by atoms with E-state index in [1.54, 1.807) is 14.0 Å². The molecule has 6 nitrogen and oxygen atoms in total. The highest BCUT2D eigenvalue weighted by molar-refractivity contribution is 5.75. The molecule has 2 unspecified atom stereocenters. The molecule has 2 amide bonds. The number of aliphatic hydroxyl groups is 1. The maximum atomic E-state index is 11.4. The molecule has 0 aromatic heterocycles. The van der Waals surface area contributed by atoms with Gasteiger partial charge in [0.2, 0.25) is 0 Å². The van der Waals surface area contributed by atoms with Gasteiger partial charge in [0.05, 0.1) is 18.6 Å². The first-order valence-electron chi connectivity index (χ1n) is 4.74. The van der Waals surface area contributed by atoms with Crippen molar-refractivity contribution in [1.82, 2.24) is 10.2 Å². The predicted octanol–water partition coefficient (Wildman–Crippen LogP) is -0.271. The third kappa shape index (κ3) is 4.64. The van der Waals surface area contributed by atoms with Crippen LogP contribution in [0.4, 0.5) is 4.79 Å². The van der Waals surface area contributed by atoms with Crippen LogP contribution in [-0.2, 0) is 4.79 Å². The van der Waals surface area contributed by atoms with E-state index in [9.17, 15) is 9.59 Å². The Bertz CT molecular complexity index is 232. The number of likely N-dealkylation sites (N-methyl/N-ethyl adjacent to an activating group) is 1. The van der Waals surface area contributed by atoms with Crippen LogP contribution in [0.25, 0.3) is 0 Å². The van der Waals surface area contributed by atoms with Crippen molar-refractivity contribution >= 4 is 12.0 Å². The van der Waals surface area contributed by atoms with Crippen LogP contribution < -0.4 is 5.32 Å². The van der Waals surface area contributed by atoms with Gasteiger partial charge in [0.15, 0.2) is 0 Å². The molecule has 0 saturated carbocycles. The monoisotopic (exact) mass is 218 g/mol. The lowest BCUT2D eigenvalue weighted by molar-refractivity contribution is -0.140. The number of carboxylic acids is 1. The number of carboxylic acid groups (broad SMARTS) is 1. The van der Waals surface area contributed by atoms with Crippen LogP contribution in [0, 0.1) is 5.92 Å². The predicted molar refractivity (Wildman–Crippen MR) is 54.5 cm³/mol. The summed E-state index contributed by atoms with van der Waals surface area (Å²) in [6, 6.07) is -0.671. The Balaban J connectivity index is 3.98. The van der Waals surface area contributed by atoms with E-state index in [1.807, 2.05) is 0 Å². The second-order valence-corrected chi connectivity index (χ2v) is 3.57. The van der Waals surface area contributed by atoms with Crippen LogP contribution in [0.5, 0.6) is 0 Å². The molecular weight excluding hydrogens is 200 g/mol. The van der Waals surface area contributed by atoms with Crippen LogP contribution in [-0.4, -0.2) is 53.4 Å². The summed E-state index contributed by atoms with van der Waals surface area (Å²) in [6.45, 7) is 3.16. The van der Waals surface area contributed by atoms with Gasteiger partial charge < -0.3 is 20.4 Å². The number of amides is 2. The fourth-order valence-corrected chi connectivity index (χ4v) is 0.775. The van der Waals surface area contributed by atoms with Crippen LogP contribution in [0.3, 0.4) is 0 Å². The third-order valence-corrected chi connectivity index (χ3v) is 2.23. The molecular formula is C9H18N2O4. The number of rotatable bonds is 5. The van der Waals surface area contributed by atoms with Gasteiger partial charge in [0.1, 0.15) is 0 Å². The van der Waals surface area contributed by atoms with E-state index in [0.29, 0.717) is 0 Å². The second-order valence-electron chi connectivity index (χ2n) is 3.57. The zero-order valence-corrected chi connectivity index (χ0v) is 9.23. The minimum absolute atomic E-state index is 0.0800. The third-order valence-electron chi connectivity index (χ3n) is 2.23. The number of carbonyl (C=O) groups excluding carboxylic acids is 1. The Morgan fingerprint density at radius 3 is 2.33 bits per heavy atom. The van der Waals surface area contributed by atoms with Crippen LogP contribution >= 0.6 is 0 Å². The molecule has 0 saturated heterocycles. The summed E-state index contributed by atoms with van der Waals surface area (Å²) < 4.78 is 0. The van der Waals surface area contributed by atoms with Gasteiger partial charge in [-0.25, -0.2) is 4.79 Å². The summed E-state index contributed by atoms with van der Waals surface area (Å²) in [5, 5.41) is 19.9. The molecule has 0 aromatic rings. The zero-order valence-electron chi connectivity index (χ0n) is 9.23. The Morgan fingerprint density at radius 2 is 1.93 bits per heavy atom. The van der Waals surface area contributed by atoms with E-state index in [1.165, 1.54) is 11.8 Å². The lowest BCUT2D eigenvalue weighted by atomic mass is 10.2. The van der Waals surface area contributed by atoms with Gasteiger partial charge in [0.25, 0.3) is 0 Å². The van der Waals surface area contributed by atoms with Crippen molar-refractivity contribution in [2.45, 2.75) is 19.9 Å². The van der Waals surface area contributed by atoms with Gasteiger partial charge in [-0.3, -0.25) is 4.79 Å². The highest BCUT2D eigenvalue weighted by Gasteiger charge is 2.17. The van der Waals surface area contributed by atoms with Gasteiger partial charge >= 0.3 is 12.0 Å². The summed E-state index contributed by atoms with van der Waals surface area (Å²) >= 11 is 0. The number of hydrogen-bond acceptors (Lipinski definition) is 3. The molecule has 0 fully saturated rings. The van der Waals surface area contributed by atoms with E-state index in [-0.39, 0.29) is 25.2 Å². The Hall–Kier alpha value is -1.30. The number of aliphatic hydroxyl groups excluding tert-OH is 1. The molecule has 6 heteroatoms. The van der Waals surface area contributed by atoms with Gasteiger partial charge in [-0.15, -0.1) is 0 Å². The van der Waals surface area contributed by atoms with Crippen molar-refractivity contribution in [1.29, 1.82) is 0 Å². The van der Waals surface area contributed by atoms with E-state index < -0.39 is 11.9 Å². The highest BCUT2D eigenvalue weighted by atomic mass is 16.4. The Kier molecular flexibility index (Phi) is 5.69. The van der Waals surface area contributed by atoms with Crippen molar-refractivity contribution in [3.05, 3.63) is 0 Å². The molecule has 0 aliphatic rings. The van der Waals surface area contributed by atoms with E-state index >= 15 is 0 Å². The Morgan fingerprint density at radius 1 is 1.40 bits per heavy atom. The summed E-state index contributed by atoms with van der Waals surface area (Å²) in [5.41, 5.74) is 0. The molecule has 0 aliphatic carbocycles. The topological polar surface area (TPSA) is 89.9 Å². The molecule has 3 N–H and O–H groups in total. The van der Waals surface area contributed by atoms with E-state index in [4.69, 9.17) is 10.2 Å². The lowest BCUT2D eigenvalue weighted by Gasteiger charge is -2.23. The molecule has 0 spiro atoms. The van der Waals surface area contributed by atoms with Gasteiger partial charge in [0, 0.05) is 13.6 Å². The lowest BCUT2D eigenvalue weighted by Crippen LogP contribution is -2.45. The normalized spacial score (nSPS) is 14.1. The molecule has 2 atom stereocenters. The van der Waals surface area contributed by atoms with Crippen LogP contribution in [0.1, 0.15) is 13.8 Å². The van der Waals surface area contributed by atoms with E-state index in [2.05, 4.69) is 5.32 Å². The van der Waals surface area contributed by atoms with E-state index in [0.717, 1.165) is 0 Å². The average Bonchev–Trinajstić information content (AvgIpc) is 2.22. The maximum absolute atomic E-state index is 11.4. The van der Waals surface area contributed by atoms with Crippen molar-refractivity contribution in [2.24, 2.45) is 5.92 Å². The standard InChI is InChI=1S/C9H18N2O4/c1-6(8(13)14)4-10-9(15)11(3)7(2)5-12/h6-7,12H,4-5H2,1-3H3,(H,10,15)(H,13,14). The molecule has 88 valence electrons.